The number of imide groups is 1. The number of carbonyl (C=O) groups is 2. The number of carbonyl (C=O) groups excluding carboxylic acids is 2. The van der Waals surface area contributed by atoms with E-state index in [1.165, 1.54) is 24.4 Å². The van der Waals surface area contributed by atoms with Gasteiger partial charge in [-0.05, 0) is 90.1 Å². The lowest BCUT2D eigenvalue weighted by Gasteiger charge is -2.36. The number of benzene rings is 1. The van der Waals surface area contributed by atoms with E-state index < -0.39 is 41.1 Å². The number of aromatic nitrogens is 2. The molecule has 2 heterocycles. The largest absolute Gasteiger partial charge is 0.489 e. The fourth-order valence-corrected chi connectivity index (χ4v) is 4.31. The summed E-state index contributed by atoms with van der Waals surface area (Å²) in [5.74, 6) is -0.359. The number of fused-ring (bicyclic) bond motifs is 1. The number of halogens is 4. The van der Waals surface area contributed by atoms with E-state index in [1.807, 2.05) is 0 Å². The summed E-state index contributed by atoms with van der Waals surface area (Å²) in [5, 5.41) is 4.28. The van der Waals surface area contributed by atoms with E-state index >= 15 is 4.39 Å². The fraction of sp³-hybridized carbons (Fsp3) is 0.467. The zero-order chi connectivity index (χ0) is 31.7. The van der Waals surface area contributed by atoms with Crippen LogP contribution in [0.15, 0.2) is 42.7 Å². The summed E-state index contributed by atoms with van der Waals surface area (Å²) in [6.07, 6.45) is -3.18. The number of ether oxygens (including phenoxy) is 3. The minimum absolute atomic E-state index is 0.0385. The molecule has 0 spiro atoms. The number of alkyl halides is 3. The van der Waals surface area contributed by atoms with Crippen molar-refractivity contribution in [2.24, 2.45) is 0 Å². The second kappa shape index (κ2) is 11.9. The highest BCUT2D eigenvalue weighted by Gasteiger charge is 2.35. The average molecular weight is 607 g/mol. The molecule has 0 atom stereocenters. The van der Waals surface area contributed by atoms with E-state index in [2.05, 4.69) is 15.3 Å². The second-order valence-corrected chi connectivity index (χ2v) is 12.3. The van der Waals surface area contributed by atoms with Crippen LogP contribution < -0.4 is 15.0 Å². The molecule has 0 aliphatic heterocycles. The Morgan fingerprint density at radius 2 is 1.56 bits per heavy atom. The molecule has 232 valence electrons. The van der Waals surface area contributed by atoms with Crippen LogP contribution in [0.25, 0.3) is 10.8 Å². The van der Waals surface area contributed by atoms with Gasteiger partial charge in [-0.25, -0.2) is 23.9 Å². The van der Waals surface area contributed by atoms with Gasteiger partial charge >= 0.3 is 18.4 Å². The minimum atomic E-state index is -4.53. The number of rotatable bonds is 6. The van der Waals surface area contributed by atoms with Crippen molar-refractivity contribution in [3.05, 3.63) is 59.8 Å². The Hall–Kier alpha value is -4.00. The van der Waals surface area contributed by atoms with E-state index in [9.17, 15) is 22.8 Å². The van der Waals surface area contributed by atoms with E-state index in [0.717, 1.165) is 12.3 Å². The van der Waals surface area contributed by atoms with Crippen LogP contribution in [0.2, 0.25) is 0 Å². The van der Waals surface area contributed by atoms with Crippen LogP contribution in [0.1, 0.15) is 65.6 Å². The van der Waals surface area contributed by atoms with Gasteiger partial charge in [0.05, 0.1) is 6.20 Å². The van der Waals surface area contributed by atoms with Gasteiger partial charge in [-0.2, -0.15) is 18.1 Å². The molecule has 3 aromatic rings. The lowest BCUT2D eigenvalue weighted by Crippen LogP contribution is -2.46. The van der Waals surface area contributed by atoms with Gasteiger partial charge in [-0.15, -0.1) is 0 Å². The summed E-state index contributed by atoms with van der Waals surface area (Å²) in [6.45, 7) is 10.0. The van der Waals surface area contributed by atoms with Crippen molar-refractivity contribution < 1.29 is 41.4 Å². The molecule has 2 amide bonds. The zero-order valence-corrected chi connectivity index (χ0v) is 24.7. The molecule has 0 saturated heterocycles. The normalized spacial score (nSPS) is 17.3. The van der Waals surface area contributed by atoms with Crippen molar-refractivity contribution in [2.45, 2.75) is 90.5 Å². The van der Waals surface area contributed by atoms with Gasteiger partial charge in [-0.3, -0.25) is 0 Å². The Morgan fingerprint density at radius 3 is 2.09 bits per heavy atom. The zero-order valence-electron chi connectivity index (χ0n) is 24.7. The first kappa shape index (κ1) is 31.9. The molecule has 43 heavy (non-hydrogen) atoms. The van der Waals surface area contributed by atoms with Gasteiger partial charge < -0.3 is 19.5 Å². The Balaban J connectivity index is 1.49. The smallest absolute Gasteiger partial charge is 0.433 e. The standard InChI is InChI=1S/C30H34F4N4O5/c1-28(2,3)42-26(39)38(27(40)43-29(4,5)6)25-13-21-17(14-37-25)7-9-23(31)22(21)16-35-18-11-20(12-18)41-19-8-10-24(36-15-19)30(32,33)34/h7-10,13-15,18,20,35H,11-12,16H2,1-6H3. The van der Waals surface area contributed by atoms with Gasteiger partial charge in [-0.1, -0.05) is 0 Å². The van der Waals surface area contributed by atoms with E-state index in [-0.39, 0.29) is 30.3 Å². The molecule has 1 fully saturated rings. The maximum absolute atomic E-state index is 15.1. The second-order valence-electron chi connectivity index (χ2n) is 12.3. The number of nitrogens with zero attached hydrogens (tertiary/aromatic N) is 3. The lowest BCUT2D eigenvalue weighted by molar-refractivity contribution is -0.141. The molecular formula is C30H34F4N4O5. The summed E-state index contributed by atoms with van der Waals surface area (Å²) in [7, 11) is 0. The maximum atomic E-state index is 15.1. The molecule has 1 saturated carbocycles. The Bertz CT molecular complexity index is 1450. The predicted octanol–water partition coefficient (Wildman–Crippen LogP) is 7.16. The summed E-state index contributed by atoms with van der Waals surface area (Å²) in [5.41, 5.74) is -2.53. The Labute approximate surface area is 246 Å². The monoisotopic (exact) mass is 606 g/mol. The highest BCUT2D eigenvalue weighted by Crippen LogP contribution is 2.31. The first-order valence-corrected chi connectivity index (χ1v) is 13.7. The van der Waals surface area contributed by atoms with Crippen molar-refractivity contribution in [3.8, 4) is 5.75 Å². The number of nitrogens with one attached hydrogen (secondary N) is 1. The number of hydrogen-bond acceptors (Lipinski definition) is 8. The SMILES string of the molecule is CC(C)(C)OC(=O)N(C(=O)OC(C)(C)C)c1cc2c(CNC3CC(Oc4ccc(C(F)(F)F)nc4)C3)c(F)ccc2cn1. The first-order chi connectivity index (χ1) is 19.9. The van der Waals surface area contributed by atoms with Crippen LogP contribution >= 0.6 is 0 Å². The third kappa shape index (κ3) is 8.31. The van der Waals surface area contributed by atoms with Crippen molar-refractivity contribution in [3.63, 3.8) is 0 Å². The number of pyridine rings is 2. The van der Waals surface area contributed by atoms with Crippen LogP contribution in [0.5, 0.6) is 5.75 Å². The molecule has 0 radical (unpaired) electrons. The van der Waals surface area contributed by atoms with Crippen molar-refractivity contribution in [1.82, 2.24) is 15.3 Å². The van der Waals surface area contributed by atoms with Crippen LogP contribution in [0.3, 0.4) is 0 Å². The Morgan fingerprint density at radius 1 is 0.930 bits per heavy atom. The number of anilines is 1. The molecule has 1 aromatic carbocycles. The number of hydrogen-bond donors (Lipinski definition) is 1. The molecule has 1 aliphatic carbocycles. The summed E-state index contributed by atoms with van der Waals surface area (Å²) in [4.78, 5) is 34.5. The van der Waals surface area contributed by atoms with E-state index in [4.69, 9.17) is 14.2 Å². The maximum Gasteiger partial charge on any atom is 0.433 e. The molecule has 9 nitrogen and oxygen atoms in total. The third-order valence-corrected chi connectivity index (χ3v) is 6.32. The van der Waals surface area contributed by atoms with Gasteiger partial charge in [0, 0.05) is 29.7 Å². The molecule has 1 aliphatic rings. The fourth-order valence-electron chi connectivity index (χ4n) is 4.31. The summed E-state index contributed by atoms with van der Waals surface area (Å²) >= 11 is 0. The van der Waals surface area contributed by atoms with Crippen LogP contribution in [0, 0.1) is 5.82 Å². The molecular weight excluding hydrogens is 572 g/mol. The molecule has 2 aromatic heterocycles. The van der Waals surface area contributed by atoms with Gasteiger partial charge in [0.25, 0.3) is 0 Å². The quantitative estimate of drug-likeness (QED) is 0.295. The highest BCUT2D eigenvalue weighted by molar-refractivity contribution is 6.09. The van der Waals surface area contributed by atoms with Gasteiger partial charge in [0.1, 0.15) is 40.4 Å². The van der Waals surface area contributed by atoms with Crippen molar-refractivity contribution in [2.75, 3.05) is 4.90 Å². The summed E-state index contributed by atoms with van der Waals surface area (Å²) in [6, 6.07) is 6.34. The highest BCUT2D eigenvalue weighted by atomic mass is 19.4. The van der Waals surface area contributed by atoms with Crippen LogP contribution in [-0.2, 0) is 22.2 Å². The first-order valence-electron chi connectivity index (χ1n) is 13.7. The van der Waals surface area contributed by atoms with Crippen LogP contribution in [-0.4, -0.2) is 45.5 Å². The molecule has 13 heteroatoms. The number of amides is 2. The molecule has 4 rings (SSSR count). The Kier molecular flexibility index (Phi) is 8.87. The lowest BCUT2D eigenvalue weighted by atomic mass is 9.89. The predicted molar refractivity (Wildman–Crippen MR) is 150 cm³/mol. The van der Waals surface area contributed by atoms with Gasteiger partial charge in [0.2, 0.25) is 0 Å². The van der Waals surface area contributed by atoms with Crippen molar-refractivity contribution >= 4 is 28.8 Å². The average Bonchev–Trinajstić information content (AvgIpc) is 2.84. The van der Waals surface area contributed by atoms with E-state index in [1.54, 1.807) is 47.6 Å². The topological polar surface area (TPSA) is 103 Å². The minimum Gasteiger partial charge on any atom is -0.489 e. The van der Waals surface area contributed by atoms with Crippen LogP contribution in [0.4, 0.5) is 33.0 Å². The molecule has 0 unspecified atom stereocenters. The molecule has 1 N–H and O–H groups in total. The molecule has 0 bridgehead atoms. The van der Waals surface area contributed by atoms with E-state index in [0.29, 0.717) is 34.1 Å². The third-order valence-electron chi connectivity index (χ3n) is 6.32. The van der Waals surface area contributed by atoms with Crippen molar-refractivity contribution in [1.29, 1.82) is 0 Å². The summed E-state index contributed by atoms with van der Waals surface area (Å²) < 4.78 is 69.8. The van der Waals surface area contributed by atoms with Gasteiger partial charge in [0.15, 0.2) is 0 Å².